The Morgan fingerprint density at radius 3 is 2.73 bits per heavy atom. The van der Waals surface area contributed by atoms with Gasteiger partial charge >= 0.3 is 0 Å². The molecule has 2 aromatic rings. The normalized spacial score (nSPS) is 15.2. The third-order valence-corrected chi connectivity index (χ3v) is 6.70. The molecule has 26 heavy (non-hydrogen) atoms. The van der Waals surface area contributed by atoms with Gasteiger partial charge in [-0.15, -0.1) is 11.3 Å². The fraction of sp³-hybridized carbons (Fsp3) is 0.389. The van der Waals surface area contributed by atoms with Crippen LogP contribution in [-0.4, -0.2) is 52.7 Å². The second kappa shape index (κ2) is 7.38. The lowest BCUT2D eigenvalue weighted by Gasteiger charge is -2.23. The van der Waals surface area contributed by atoms with Crippen LogP contribution >= 0.6 is 11.3 Å². The van der Waals surface area contributed by atoms with Gasteiger partial charge in [-0.25, -0.2) is 8.42 Å². The third kappa shape index (κ3) is 3.92. The predicted molar refractivity (Wildman–Crippen MR) is 105 cm³/mol. The van der Waals surface area contributed by atoms with E-state index in [2.05, 4.69) is 16.3 Å². The summed E-state index contributed by atoms with van der Waals surface area (Å²) in [5.74, 6) is -0.144. The number of hydrogen-bond acceptors (Lipinski definition) is 5. The summed E-state index contributed by atoms with van der Waals surface area (Å²) < 4.78 is 25.0. The number of hydrogen-bond donors (Lipinski definition) is 1. The van der Waals surface area contributed by atoms with Gasteiger partial charge < -0.3 is 10.2 Å². The van der Waals surface area contributed by atoms with E-state index < -0.39 is 10.0 Å². The highest BCUT2D eigenvalue weighted by atomic mass is 32.2. The molecule has 1 atom stereocenters. The zero-order chi connectivity index (χ0) is 18.9. The molecule has 3 rings (SSSR count). The van der Waals surface area contributed by atoms with Crippen molar-refractivity contribution in [3.8, 4) is 0 Å². The van der Waals surface area contributed by atoms with E-state index in [1.54, 1.807) is 29.5 Å². The molecule has 1 aliphatic rings. The SMILES string of the molecule is CN(C)C(CNC(=O)c1ccc2c(c1)CCN2S(C)(=O)=O)c1cccs1. The van der Waals surface area contributed by atoms with Crippen LogP contribution in [0.15, 0.2) is 35.7 Å². The van der Waals surface area contributed by atoms with Crippen LogP contribution < -0.4 is 9.62 Å². The van der Waals surface area contributed by atoms with E-state index >= 15 is 0 Å². The molecule has 1 aromatic carbocycles. The summed E-state index contributed by atoms with van der Waals surface area (Å²) in [6.07, 6.45) is 1.83. The zero-order valence-electron chi connectivity index (χ0n) is 15.1. The van der Waals surface area contributed by atoms with Gasteiger partial charge in [-0.2, -0.15) is 0 Å². The number of carbonyl (C=O) groups excluding carboxylic acids is 1. The average molecular weight is 394 g/mol. The van der Waals surface area contributed by atoms with Gasteiger partial charge in [0.1, 0.15) is 0 Å². The molecule has 0 saturated carbocycles. The number of amides is 1. The van der Waals surface area contributed by atoms with E-state index in [9.17, 15) is 13.2 Å². The molecule has 0 radical (unpaired) electrons. The second-order valence-electron chi connectivity index (χ2n) is 6.63. The first-order valence-electron chi connectivity index (χ1n) is 8.36. The second-order valence-corrected chi connectivity index (χ2v) is 9.52. The largest absolute Gasteiger partial charge is 0.350 e. The maximum absolute atomic E-state index is 12.6. The molecular weight excluding hydrogens is 370 g/mol. The summed E-state index contributed by atoms with van der Waals surface area (Å²) in [7, 11) is 0.707. The summed E-state index contributed by atoms with van der Waals surface area (Å²) in [5, 5.41) is 5.02. The van der Waals surface area contributed by atoms with Gasteiger partial charge in [0.2, 0.25) is 10.0 Å². The highest BCUT2D eigenvalue weighted by Gasteiger charge is 2.27. The first-order valence-corrected chi connectivity index (χ1v) is 11.1. The number of thiophene rings is 1. The van der Waals surface area contributed by atoms with Crippen LogP contribution in [0.3, 0.4) is 0 Å². The van der Waals surface area contributed by atoms with Crippen LogP contribution in [0.4, 0.5) is 5.69 Å². The van der Waals surface area contributed by atoms with Crippen LogP contribution in [0, 0.1) is 0 Å². The van der Waals surface area contributed by atoms with Crippen LogP contribution in [0.5, 0.6) is 0 Å². The molecule has 0 spiro atoms. The Kier molecular flexibility index (Phi) is 5.36. The molecule has 0 aliphatic carbocycles. The Labute approximate surface area is 158 Å². The van der Waals surface area contributed by atoms with Crippen molar-refractivity contribution in [1.82, 2.24) is 10.2 Å². The van der Waals surface area contributed by atoms with Crippen LogP contribution in [-0.2, 0) is 16.4 Å². The van der Waals surface area contributed by atoms with Crippen molar-refractivity contribution in [3.05, 3.63) is 51.7 Å². The summed E-state index contributed by atoms with van der Waals surface area (Å²) in [6, 6.07) is 9.40. The van der Waals surface area contributed by atoms with Gasteiger partial charge in [0.15, 0.2) is 0 Å². The van der Waals surface area contributed by atoms with Crippen molar-refractivity contribution < 1.29 is 13.2 Å². The quantitative estimate of drug-likeness (QED) is 0.816. The molecule has 0 bridgehead atoms. The van der Waals surface area contributed by atoms with Crippen molar-refractivity contribution >= 4 is 33.0 Å². The maximum atomic E-state index is 12.6. The van der Waals surface area contributed by atoms with Crippen molar-refractivity contribution in [2.24, 2.45) is 0 Å². The summed E-state index contributed by atoms with van der Waals surface area (Å²) in [4.78, 5) is 15.8. The molecule has 0 fully saturated rings. The van der Waals surface area contributed by atoms with Crippen molar-refractivity contribution in [2.45, 2.75) is 12.5 Å². The Balaban J connectivity index is 1.71. The Bertz CT molecular complexity index is 892. The van der Waals surface area contributed by atoms with Crippen molar-refractivity contribution in [3.63, 3.8) is 0 Å². The number of anilines is 1. The number of fused-ring (bicyclic) bond motifs is 1. The summed E-state index contributed by atoms with van der Waals surface area (Å²) in [5.41, 5.74) is 2.13. The maximum Gasteiger partial charge on any atom is 0.251 e. The van der Waals surface area contributed by atoms with E-state index in [1.807, 2.05) is 25.5 Å². The Hall–Kier alpha value is -1.90. The molecule has 6 nitrogen and oxygen atoms in total. The lowest BCUT2D eigenvalue weighted by atomic mass is 10.1. The van der Waals surface area contributed by atoms with Gasteiger partial charge in [-0.05, 0) is 55.7 Å². The molecule has 1 unspecified atom stereocenters. The van der Waals surface area contributed by atoms with Gasteiger partial charge in [0.05, 0.1) is 18.0 Å². The fourth-order valence-corrected chi connectivity index (χ4v) is 5.05. The van der Waals surface area contributed by atoms with Crippen LogP contribution in [0.1, 0.15) is 26.8 Å². The van der Waals surface area contributed by atoms with Gasteiger partial charge in [0, 0.05) is 23.5 Å². The van der Waals surface area contributed by atoms with Gasteiger partial charge in [-0.1, -0.05) is 6.07 Å². The number of nitrogens with zero attached hydrogens (tertiary/aromatic N) is 2. The van der Waals surface area contributed by atoms with E-state index in [-0.39, 0.29) is 11.9 Å². The minimum absolute atomic E-state index is 0.120. The molecule has 1 aromatic heterocycles. The number of likely N-dealkylation sites (N-methyl/N-ethyl adjacent to an activating group) is 1. The summed E-state index contributed by atoms with van der Waals surface area (Å²) in [6.45, 7) is 0.944. The zero-order valence-corrected chi connectivity index (χ0v) is 16.7. The Morgan fingerprint density at radius 2 is 2.12 bits per heavy atom. The monoisotopic (exact) mass is 393 g/mol. The van der Waals surface area contributed by atoms with Gasteiger partial charge in [-0.3, -0.25) is 9.10 Å². The summed E-state index contributed by atoms with van der Waals surface area (Å²) >= 11 is 1.67. The molecule has 0 saturated heterocycles. The number of sulfonamides is 1. The minimum Gasteiger partial charge on any atom is -0.350 e. The molecule has 8 heteroatoms. The lowest BCUT2D eigenvalue weighted by Crippen LogP contribution is -2.34. The minimum atomic E-state index is -3.28. The first-order chi connectivity index (χ1) is 12.3. The average Bonchev–Trinajstić information content (AvgIpc) is 3.22. The fourth-order valence-electron chi connectivity index (χ4n) is 3.17. The Morgan fingerprint density at radius 1 is 1.35 bits per heavy atom. The van der Waals surface area contributed by atoms with Gasteiger partial charge in [0.25, 0.3) is 5.91 Å². The number of benzene rings is 1. The smallest absolute Gasteiger partial charge is 0.251 e. The predicted octanol–water partition coefficient (Wildman–Crippen LogP) is 2.10. The first kappa shape index (κ1) is 18.9. The molecule has 1 aliphatic heterocycles. The van der Waals surface area contributed by atoms with E-state index in [0.717, 1.165) is 5.56 Å². The number of nitrogens with one attached hydrogen (secondary N) is 1. The molecule has 1 amide bonds. The topological polar surface area (TPSA) is 69.7 Å². The standard InChI is InChI=1S/C18H23N3O3S2/c1-20(2)16(17-5-4-10-25-17)12-19-18(22)14-6-7-15-13(11-14)8-9-21(15)26(3,23)24/h4-7,10-11,16H,8-9,12H2,1-3H3,(H,19,22). The number of rotatable bonds is 6. The highest BCUT2D eigenvalue weighted by molar-refractivity contribution is 7.92. The van der Waals surface area contributed by atoms with Crippen molar-refractivity contribution in [1.29, 1.82) is 0 Å². The van der Waals surface area contributed by atoms with Crippen LogP contribution in [0.25, 0.3) is 0 Å². The highest BCUT2D eigenvalue weighted by Crippen LogP contribution is 2.30. The molecule has 1 N–H and O–H groups in total. The van der Waals surface area contributed by atoms with Crippen LogP contribution in [0.2, 0.25) is 0 Å². The van der Waals surface area contributed by atoms with Crippen molar-refractivity contribution in [2.75, 3.05) is 37.7 Å². The molecule has 2 heterocycles. The van der Waals surface area contributed by atoms with E-state index in [4.69, 9.17) is 0 Å². The molecular formula is C18H23N3O3S2. The van der Waals surface area contributed by atoms with E-state index in [0.29, 0.717) is 30.8 Å². The van der Waals surface area contributed by atoms with E-state index in [1.165, 1.54) is 15.4 Å². The lowest BCUT2D eigenvalue weighted by molar-refractivity contribution is 0.0942. The molecule has 140 valence electrons. The number of carbonyl (C=O) groups is 1. The third-order valence-electron chi connectivity index (χ3n) is 4.55.